The smallest absolute Gasteiger partial charge is 0.243 e. The van der Waals surface area contributed by atoms with Crippen LogP contribution in [0.25, 0.3) is 0 Å². The number of ether oxygens (including phenoxy) is 2. The van der Waals surface area contributed by atoms with Crippen molar-refractivity contribution >= 4 is 17.6 Å². The second-order valence-corrected chi connectivity index (χ2v) is 6.83. The highest BCUT2D eigenvalue weighted by Gasteiger charge is 2.35. The summed E-state index contributed by atoms with van der Waals surface area (Å²) in [5.74, 6) is -0.573. The van der Waals surface area contributed by atoms with Crippen molar-refractivity contribution in [1.29, 1.82) is 0 Å². The highest BCUT2D eigenvalue weighted by Crippen LogP contribution is 2.41. The summed E-state index contributed by atoms with van der Waals surface area (Å²) in [5, 5.41) is 16.7. The number of carbonyl (C=O) groups is 2. The van der Waals surface area contributed by atoms with Crippen molar-refractivity contribution in [3.63, 3.8) is 0 Å². The summed E-state index contributed by atoms with van der Waals surface area (Å²) in [5.41, 5.74) is 3.54. The van der Waals surface area contributed by atoms with E-state index in [1.54, 1.807) is 20.3 Å². The van der Waals surface area contributed by atoms with Crippen LogP contribution in [0.15, 0.2) is 47.6 Å². The molecule has 0 fully saturated rings. The number of hydrogen-bond acceptors (Lipinski definition) is 6. The van der Waals surface area contributed by atoms with E-state index in [9.17, 15) is 14.7 Å². The first-order chi connectivity index (χ1) is 13.9. The molecule has 1 aliphatic heterocycles. The number of carbonyl (C=O) groups excluding carboxylic acids is 2. The third-order valence-electron chi connectivity index (χ3n) is 4.89. The highest BCUT2D eigenvalue weighted by molar-refractivity contribution is 6.03. The first kappa shape index (κ1) is 20.4. The largest absolute Gasteiger partial charge is 0.550 e. The maximum absolute atomic E-state index is 12.8. The normalized spacial score (nSPS) is 15.8. The molecular formula is C22H23N2O5-. The van der Waals surface area contributed by atoms with Gasteiger partial charge in [0.1, 0.15) is 0 Å². The Labute approximate surface area is 169 Å². The number of benzene rings is 2. The standard InChI is InChI=1S/C22H24N2O5/c1-14-7-9-15(10-8-14)17-13-18(24(23-17)20(25)11-12-21(26)27)16-5-4-6-19(28-2)22(16)29-3/h4-10,18H,11-13H2,1-3H3,(H,26,27)/p-1/t18-/m1/s1. The van der Waals surface area contributed by atoms with Gasteiger partial charge in [-0.3, -0.25) is 4.79 Å². The number of aliphatic carboxylic acids is 1. The van der Waals surface area contributed by atoms with E-state index in [1.807, 2.05) is 43.3 Å². The lowest BCUT2D eigenvalue weighted by Gasteiger charge is -2.24. The van der Waals surface area contributed by atoms with Crippen molar-refractivity contribution in [1.82, 2.24) is 5.01 Å². The number of methoxy groups -OCH3 is 2. The SMILES string of the molecule is COc1cccc([C@H]2CC(c3ccc(C)cc3)=NN2C(=O)CCC(=O)[O-])c1OC. The zero-order chi connectivity index (χ0) is 21.0. The Hall–Kier alpha value is -3.35. The van der Waals surface area contributed by atoms with Crippen LogP contribution < -0.4 is 14.6 Å². The molecule has 0 bridgehead atoms. The Balaban J connectivity index is 1.99. The molecular weight excluding hydrogens is 372 g/mol. The van der Waals surface area contributed by atoms with Crippen LogP contribution in [0.3, 0.4) is 0 Å². The quantitative estimate of drug-likeness (QED) is 0.717. The fourth-order valence-electron chi connectivity index (χ4n) is 3.40. The molecule has 7 nitrogen and oxygen atoms in total. The summed E-state index contributed by atoms with van der Waals surface area (Å²) in [6, 6.07) is 12.9. The first-order valence-corrected chi connectivity index (χ1v) is 9.32. The van der Waals surface area contributed by atoms with E-state index in [1.165, 1.54) is 5.01 Å². The molecule has 2 aromatic rings. The third-order valence-corrected chi connectivity index (χ3v) is 4.89. The molecule has 1 amide bonds. The number of carboxylic acids is 1. The number of rotatable bonds is 7. The summed E-state index contributed by atoms with van der Waals surface area (Å²) in [4.78, 5) is 23.6. The van der Waals surface area contributed by atoms with Crippen LogP contribution in [0.4, 0.5) is 0 Å². The molecule has 152 valence electrons. The number of hydrazone groups is 1. The zero-order valence-corrected chi connectivity index (χ0v) is 16.7. The summed E-state index contributed by atoms with van der Waals surface area (Å²) >= 11 is 0. The van der Waals surface area contributed by atoms with Gasteiger partial charge in [0.25, 0.3) is 0 Å². The van der Waals surface area contributed by atoms with Gasteiger partial charge in [-0.05, 0) is 25.0 Å². The molecule has 0 unspecified atom stereocenters. The van der Waals surface area contributed by atoms with Crippen LogP contribution in [0, 0.1) is 6.92 Å². The van der Waals surface area contributed by atoms with Crippen LogP contribution in [-0.2, 0) is 9.59 Å². The number of carboxylic acid groups (broad SMARTS) is 1. The molecule has 2 aromatic carbocycles. The van der Waals surface area contributed by atoms with Crippen LogP contribution in [0.5, 0.6) is 11.5 Å². The van der Waals surface area contributed by atoms with Gasteiger partial charge in [0.2, 0.25) is 5.91 Å². The van der Waals surface area contributed by atoms with E-state index in [4.69, 9.17) is 9.47 Å². The Bertz CT molecular complexity index is 937. The molecule has 0 saturated carbocycles. The lowest BCUT2D eigenvalue weighted by Crippen LogP contribution is -2.30. The van der Waals surface area contributed by atoms with Gasteiger partial charge in [-0.1, -0.05) is 42.0 Å². The lowest BCUT2D eigenvalue weighted by molar-refractivity contribution is -0.305. The minimum Gasteiger partial charge on any atom is -0.550 e. The van der Waals surface area contributed by atoms with E-state index in [0.717, 1.165) is 22.4 Å². The Morgan fingerprint density at radius 1 is 1.10 bits per heavy atom. The number of amides is 1. The van der Waals surface area contributed by atoms with Gasteiger partial charge < -0.3 is 19.4 Å². The molecule has 1 aliphatic rings. The Kier molecular flexibility index (Phi) is 6.16. The van der Waals surface area contributed by atoms with Gasteiger partial charge in [-0.2, -0.15) is 5.10 Å². The molecule has 0 spiro atoms. The Morgan fingerprint density at radius 2 is 1.83 bits per heavy atom. The summed E-state index contributed by atoms with van der Waals surface area (Å²) in [6.45, 7) is 2.00. The number of aryl methyl sites for hydroxylation is 1. The maximum atomic E-state index is 12.8. The molecule has 0 radical (unpaired) electrons. The lowest BCUT2D eigenvalue weighted by atomic mass is 9.96. The van der Waals surface area contributed by atoms with Crippen molar-refractivity contribution in [2.45, 2.75) is 32.2 Å². The molecule has 1 heterocycles. The van der Waals surface area contributed by atoms with Crippen LogP contribution in [0.2, 0.25) is 0 Å². The van der Waals surface area contributed by atoms with E-state index in [2.05, 4.69) is 5.10 Å². The average molecular weight is 395 g/mol. The van der Waals surface area contributed by atoms with Crippen molar-refractivity contribution in [2.75, 3.05) is 14.2 Å². The predicted octanol–water partition coefficient (Wildman–Crippen LogP) is 2.22. The predicted molar refractivity (Wildman–Crippen MR) is 106 cm³/mol. The second-order valence-electron chi connectivity index (χ2n) is 6.83. The fourth-order valence-corrected chi connectivity index (χ4v) is 3.40. The minimum absolute atomic E-state index is 0.185. The number of para-hydroxylation sites is 1. The highest BCUT2D eigenvalue weighted by atomic mass is 16.5. The van der Waals surface area contributed by atoms with E-state index in [0.29, 0.717) is 17.9 Å². The monoisotopic (exact) mass is 395 g/mol. The topological polar surface area (TPSA) is 91.3 Å². The van der Waals surface area contributed by atoms with Gasteiger partial charge in [0.15, 0.2) is 11.5 Å². The van der Waals surface area contributed by atoms with Crippen molar-refractivity contribution in [3.8, 4) is 11.5 Å². The maximum Gasteiger partial charge on any atom is 0.243 e. The molecule has 1 atom stereocenters. The van der Waals surface area contributed by atoms with Crippen LogP contribution in [0.1, 0.15) is 42.0 Å². The number of nitrogens with zero attached hydrogens (tertiary/aromatic N) is 2. The van der Waals surface area contributed by atoms with E-state index < -0.39 is 12.0 Å². The van der Waals surface area contributed by atoms with Gasteiger partial charge in [-0.15, -0.1) is 0 Å². The molecule has 0 aromatic heterocycles. The number of hydrogen-bond donors (Lipinski definition) is 0. The van der Waals surface area contributed by atoms with Crippen LogP contribution in [-0.4, -0.2) is 36.8 Å². The molecule has 0 saturated heterocycles. The van der Waals surface area contributed by atoms with Gasteiger partial charge in [0, 0.05) is 24.4 Å². The van der Waals surface area contributed by atoms with Gasteiger partial charge >= 0.3 is 0 Å². The molecule has 3 rings (SSSR count). The van der Waals surface area contributed by atoms with Gasteiger partial charge in [0.05, 0.1) is 26.0 Å². The van der Waals surface area contributed by atoms with Crippen molar-refractivity contribution < 1.29 is 24.2 Å². The first-order valence-electron chi connectivity index (χ1n) is 9.32. The molecule has 29 heavy (non-hydrogen) atoms. The van der Waals surface area contributed by atoms with Crippen LogP contribution >= 0.6 is 0 Å². The summed E-state index contributed by atoms with van der Waals surface area (Å²) < 4.78 is 10.9. The average Bonchev–Trinajstić information content (AvgIpc) is 3.17. The third kappa shape index (κ3) is 4.39. The van der Waals surface area contributed by atoms with Crippen molar-refractivity contribution in [3.05, 3.63) is 59.2 Å². The summed E-state index contributed by atoms with van der Waals surface area (Å²) in [6.07, 6.45) is -0.0634. The van der Waals surface area contributed by atoms with E-state index >= 15 is 0 Å². The van der Waals surface area contributed by atoms with Crippen molar-refractivity contribution in [2.24, 2.45) is 5.10 Å². The van der Waals surface area contributed by atoms with Gasteiger partial charge in [-0.25, -0.2) is 5.01 Å². The zero-order valence-electron chi connectivity index (χ0n) is 16.7. The summed E-state index contributed by atoms with van der Waals surface area (Å²) in [7, 11) is 3.09. The molecule has 7 heteroatoms. The fraction of sp³-hybridized carbons (Fsp3) is 0.318. The molecule has 0 N–H and O–H groups in total. The Morgan fingerprint density at radius 3 is 2.45 bits per heavy atom. The minimum atomic E-state index is -1.27. The van der Waals surface area contributed by atoms with E-state index in [-0.39, 0.29) is 18.7 Å². The second kappa shape index (κ2) is 8.77. The molecule has 0 aliphatic carbocycles.